The molecule has 0 radical (unpaired) electrons. The van der Waals surface area contributed by atoms with Gasteiger partial charge in [-0.3, -0.25) is 4.90 Å². The number of piperazine rings is 1. The zero-order valence-corrected chi connectivity index (χ0v) is 11.5. The maximum Gasteiger partial charge on any atom is 0.0829 e. The van der Waals surface area contributed by atoms with E-state index in [0.717, 1.165) is 32.8 Å². The summed E-state index contributed by atoms with van der Waals surface area (Å²) in [6.07, 6.45) is 1.61. The smallest absolute Gasteiger partial charge is 0.0829 e. The molecular weight excluding hydrogens is 214 g/mol. The Morgan fingerprint density at radius 2 is 2.18 bits per heavy atom. The second-order valence-electron chi connectivity index (χ2n) is 5.57. The van der Waals surface area contributed by atoms with Crippen LogP contribution in [0.3, 0.4) is 0 Å². The average molecular weight is 241 g/mol. The Hall–Kier alpha value is -0.160. The monoisotopic (exact) mass is 241 g/mol. The van der Waals surface area contributed by atoms with Crippen molar-refractivity contribution in [3.63, 3.8) is 0 Å². The highest BCUT2D eigenvalue weighted by atomic mass is 16.5. The van der Waals surface area contributed by atoms with Gasteiger partial charge in [0, 0.05) is 44.8 Å². The lowest BCUT2D eigenvalue weighted by Gasteiger charge is -2.41. The minimum Gasteiger partial charge on any atom is -0.374 e. The van der Waals surface area contributed by atoms with Crippen molar-refractivity contribution in [3.05, 3.63) is 0 Å². The molecule has 0 saturated carbocycles. The van der Waals surface area contributed by atoms with Crippen LogP contribution in [0, 0.1) is 0 Å². The fourth-order valence-electron chi connectivity index (χ4n) is 2.76. The molecule has 0 amide bonds. The predicted octanol–water partition coefficient (Wildman–Crippen LogP) is 0.389. The maximum atomic E-state index is 5.86. The molecule has 2 aliphatic heterocycles. The first-order valence-electron chi connectivity index (χ1n) is 6.96. The van der Waals surface area contributed by atoms with Crippen LogP contribution in [0.15, 0.2) is 0 Å². The highest BCUT2D eigenvalue weighted by Crippen LogP contribution is 2.12. The van der Waals surface area contributed by atoms with Gasteiger partial charge >= 0.3 is 0 Å². The van der Waals surface area contributed by atoms with E-state index in [-0.39, 0.29) is 0 Å². The van der Waals surface area contributed by atoms with E-state index >= 15 is 0 Å². The van der Waals surface area contributed by atoms with E-state index in [1.54, 1.807) is 0 Å². The molecule has 3 unspecified atom stereocenters. The van der Waals surface area contributed by atoms with Gasteiger partial charge in [-0.05, 0) is 20.4 Å². The molecule has 2 saturated heterocycles. The molecule has 2 rings (SSSR count). The minimum atomic E-state index is 0.395. The third-order valence-electron chi connectivity index (χ3n) is 4.05. The van der Waals surface area contributed by atoms with Crippen LogP contribution in [0.4, 0.5) is 0 Å². The summed E-state index contributed by atoms with van der Waals surface area (Å²) in [4.78, 5) is 4.97. The second kappa shape index (κ2) is 6.14. The molecule has 4 heteroatoms. The van der Waals surface area contributed by atoms with Gasteiger partial charge in [0.25, 0.3) is 0 Å². The number of hydrogen-bond donors (Lipinski definition) is 1. The fourth-order valence-corrected chi connectivity index (χ4v) is 2.76. The molecule has 3 atom stereocenters. The zero-order valence-electron chi connectivity index (χ0n) is 11.5. The number of likely N-dealkylation sites (N-methyl/N-ethyl adjacent to an activating group) is 1. The van der Waals surface area contributed by atoms with E-state index in [9.17, 15) is 0 Å². The van der Waals surface area contributed by atoms with Gasteiger partial charge in [-0.15, -0.1) is 0 Å². The molecule has 0 bridgehead atoms. The number of rotatable bonds is 3. The van der Waals surface area contributed by atoms with Crippen LogP contribution in [-0.2, 0) is 4.74 Å². The van der Waals surface area contributed by atoms with Gasteiger partial charge in [-0.2, -0.15) is 0 Å². The van der Waals surface area contributed by atoms with Gasteiger partial charge in [0.1, 0.15) is 0 Å². The Balaban J connectivity index is 1.83. The molecular formula is C13H27N3O. The number of nitrogens with one attached hydrogen (secondary N) is 1. The maximum absolute atomic E-state index is 5.86. The first kappa shape index (κ1) is 13.3. The van der Waals surface area contributed by atoms with E-state index in [0.29, 0.717) is 18.2 Å². The molecule has 100 valence electrons. The van der Waals surface area contributed by atoms with Crippen LogP contribution in [0.5, 0.6) is 0 Å². The Bertz CT molecular complexity index is 237. The van der Waals surface area contributed by atoms with E-state index in [1.165, 1.54) is 13.0 Å². The van der Waals surface area contributed by atoms with E-state index in [1.807, 2.05) is 0 Å². The van der Waals surface area contributed by atoms with Crippen molar-refractivity contribution in [2.75, 3.05) is 46.4 Å². The molecule has 0 aliphatic carbocycles. The summed E-state index contributed by atoms with van der Waals surface area (Å²) in [7, 11) is 2.19. The summed E-state index contributed by atoms with van der Waals surface area (Å²) in [6.45, 7) is 11.0. The Labute approximate surface area is 105 Å². The molecule has 1 N–H and O–H groups in total. The standard InChI is InChI=1S/C13H27N3O/c1-4-12-8-16(11(2)7-14-12)10-13-9-15(3)5-6-17-13/h11-14H,4-10H2,1-3H3. The van der Waals surface area contributed by atoms with Crippen molar-refractivity contribution in [1.29, 1.82) is 0 Å². The van der Waals surface area contributed by atoms with E-state index < -0.39 is 0 Å². The summed E-state index contributed by atoms with van der Waals surface area (Å²) in [5.41, 5.74) is 0. The van der Waals surface area contributed by atoms with Crippen LogP contribution in [0.25, 0.3) is 0 Å². The summed E-state index contributed by atoms with van der Waals surface area (Å²) >= 11 is 0. The van der Waals surface area contributed by atoms with Gasteiger partial charge in [-0.25, -0.2) is 0 Å². The predicted molar refractivity (Wildman–Crippen MR) is 70.4 cm³/mol. The fraction of sp³-hybridized carbons (Fsp3) is 1.00. The lowest BCUT2D eigenvalue weighted by atomic mass is 10.1. The Morgan fingerprint density at radius 3 is 2.88 bits per heavy atom. The summed E-state index contributed by atoms with van der Waals surface area (Å²) in [6, 6.07) is 1.29. The Kier molecular flexibility index (Phi) is 4.79. The highest BCUT2D eigenvalue weighted by Gasteiger charge is 2.27. The molecule has 17 heavy (non-hydrogen) atoms. The molecule has 0 aromatic rings. The van der Waals surface area contributed by atoms with Crippen molar-refractivity contribution < 1.29 is 4.74 Å². The van der Waals surface area contributed by atoms with Crippen LogP contribution < -0.4 is 5.32 Å². The first-order chi connectivity index (χ1) is 8.19. The lowest BCUT2D eigenvalue weighted by molar-refractivity contribution is -0.0452. The summed E-state index contributed by atoms with van der Waals surface area (Å²) in [5, 5.41) is 3.60. The van der Waals surface area contributed by atoms with Gasteiger partial charge in [0.15, 0.2) is 0 Å². The quantitative estimate of drug-likeness (QED) is 0.773. The molecule has 4 nitrogen and oxygen atoms in total. The normalized spacial score (nSPS) is 37.2. The highest BCUT2D eigenvalue weighted by molar-refractivity contribution is 4.85. The van der Waals surface area contributed by atoms with Gasteiger partial charge < -0.3 is 15.0 Å². The van der Waals surface area contributed by atoms with Crippen molar-refractivity contribution in [3.8, 4) is 0 Å². The number of nitrogens with zero attached hydrogens (tertiary/aromatic N) is 2. The van der Waals surface area contributed by atoms with Gasteiger partial charge in [0.2, 0.25) is 0 Å². The topological polar surface area (TPSA) is 27.7 Å². The third kappa shape index (κ3) is 3.65. The molecule has 2 heterocycles. The zero-order chi connectivity index (χ0) is 12.3. The number of morpholine rings is 1. The molecule has 0 aromatic heterocycles. The van der Waals surface area contributed by atoms with Crippen molar-refractivity contribution >= 4 is 0 Å². The first-order valence-corrected chi connectivity index (χ1v) is 6.96. The molecule has 2 fully saturated rings. The number of ether oxygens (including phenoxy) is 1. The van der Waals surface area contributed by atoms with Crippen LogP contribution in [0.1, 0.15) is 20.3 Å². The SMILES string of the molecule is CCC1CN(CC2CN(C)CCO2)C(C)CN1. The molecule has 2 aliphatic rings. The average Bonchev–Trinajstić information content (AvgIpc) is 2.32. The van der Waals surface area contributed by atoms with Crippen molar-refractivity contribution in [2.24, 2.45) is 0 Å². The lowest BCUT2D eigenvalue weighted by Crippen LogP contribution is -2.58. The largest absolute Gasteiger partial charge is 0.374 e. The van der Waals surface area contributed by atoms with E-state index in [4.69, 9.17) is 4.74 Å². The van der Waals surface area contributed by atoms with Crippen LogP contribution >= 0.6 is 0 Å². The Morgan fingerprint density at radius 1 is 1.35 bits per heavy atom. The van der Waals surface area contributed by atoms with Crippen LogP contribution in [-0.4, -0.2) is 74.4 Å². The van der Waals surface area contributed by atoms with Crippen LogP contribution in [0.2, 0.25) is 0 Å². The van der Waals surface area contributed by atoms with Gasteiger partial charge in [0.05, 0.1) is 12.7 Å². The summed E-state index contributed by atoms with van der Waals surface area (Å²) < 4.78 is 5.86. The van der Waals surface area contributed by atoms with Gasteiger partial charge in [-0.1, -0.05) is 6.92 Å². The van der Waals surface area contributed by atoms with Crippen molar-refractivity contribution in [1.82, 2.24) is 15.1 Å². The second-order valence-corrected chi connectivity index (χ2v) is 5.57. The molecule has 0 aromatic carbocycles. The third-order valence-corrected chi connectivity index (χ3v) is 4.05. The van der Waals surface area contributed by atoms with E-state index in [2.05, 4.69) is 36.0 Å². The molecule has 0 spiro atoms. The number of hydrogen-bond acceptors (Lipinski definition) is 4. The minimum absolute atomic E-state index is 0.395. The van der Waals surface area contributed by atoms with Crippen molar-refractivity contribution in [2.45, 2.75) is 38.5 Å². The summed E-state index contributed by atoms with van der Waals surface area (Å²) in [5.74, 6) is 0.